The van der Waals surface area contributed by atoms with Gasteiger partial charge in [-0.1, -0.05) is 36.4 Å². The van der Waals surface area contributed by atoms with Gasteiger partial charge < -0.3 is 5.32 Å². The molecule has 0 unspecified atom stereocenters. The SMILES string of the molecule is C[C@@H](NC(=O)c1ccc(F)cc1)[C@H](c1cccs1)N1CCN(Cc2ccccc2)CC1. The van der Waals surface area contributed by atoms with Crippen molar-refractivity contribution in [2.24, 2.45) is 0 Å². The monoisotopic (exact) mass is 437 g/mol. The van der Waals surface area contributed by atoms with Crippen molar-refractivity contribution in [1.82, 2.24) is 15.1 Å². The van der Waals surface area contributed by atoms with E-state index in [1.165, 1.54) is 34.7 Å². The van der Waals surface area contributed by atoms with E-state index in [9.17, 15) is 9.18 Å². The molecule has 6 heteroatoms. The molecule has 0 aliphatic carbocycles. The fourth-order valence-corrected chi connectivity index (χ4v) is 5.18. The van der Waals surface area contributed by atoms with Crippen LogP contribution in [0.1, 0.15) is 33.8 Å². The first-order chi connectivity index (χ1) is 15.1. The second-order valence-electron chi connectivity index (χ2n) is 8.03. The molecule has 1 N–H and O–H groups in total. The Bertz CT molecular complexity index is 954. The van der Waals surface area contributed by atoms with Crippen LogP contribution in [0.5, 0.6) is 0 Å². The molecule has 0 saturated carbocycles. The van der Waals surface area contributed by atoms with E-state index in [2.05, 4.69) is 69.9 Å². The van der Waals surface area contributed by atoms with Gasteiger partial charge in [0.15, 0.2) is 0 Å². The summed E-state index contributed by atoms with van der Waals surface area (Å²) in [5.41, 5.74) is 1.82. The lowest BCUT2D eigenvalue weighted by Gasteiger charge is -2.41. The van der Waals surface area contributed by atoms with Crippen LogP contribution in [0.4, 0.5) is 4.39 Å². The van der Waals surface area contributed by atoms with Crippen molar-refractivity contribution in [1.29, 1.82) is 0 Å². The Balaban J connectivity index is 1.41. The van der Waals surface area contributed by atoms with E-state index in [0.717, 1.165) is 32.7 Å². The molecule has 0 bridgehead atoms. The first kappa shape index (κ1) is 21.7. The van der Waals surface area contributed by atoms with Gasteiger partial charge in [0.25, 0.3) is 5.91 Å². The molecule has 162 valence electrons. The quantitative estimate of drug-likeness (QED) is 0.588. The standard InChI is InChI=1S/C25H28FN3OS/c1-19(27-25(30)21-9-11-22(26)12-10-21)24(23-8-5-17-31-23)29-15-13-28(14-16-29)18-20-6-3-2-4-7-20/h2-12,17,19,24H,13-16,18H2,1H3,(H,27,30)/t19-,24-/m1/s1. The number of nitrogens with zero attached hydrogens (tertiary/aromatic N) is 2. The number of carbonyl (C=O) groups excluding carboxylic acids is 1. The van der Waals surface area contributed by atoms with Gasteiger partial charge in [0.2, 0.25) is 0 Å². The summed E-state index contributed by atoms with van der Waals surface area (Å²) in [6.07, 6.45) is 0. The fourth-order valence-electron chi connectivity index (χ4n) is 4.21. The molecule has 2 atom stereocenters. The second kappa shape index (κ2) is 10.2. The molecule has 0 radical (unpaired) electrons. The molecule has 3 aromatic rings. The average Bonchev–Trinajstić information content (AvgIpc) is 3.30. The summed E-state index contributed by atoms with van der Waals surface area (Å²) in [7, 11) is 0. The van der Waals surface area contributed by atoms with Crippen molar-refractivity contribution in [3.63, 3.8) is 0 Å². The minimum absolute atomic E-state index is 0.0723. The lowest BCUT2D eigenvalue weighted by atomic mass is 10.0. The van der Waals surface area contributed by atoms with Crippen molar-refractivity contribution in [3.05, 3.63) is 93.9 Å². The summed E-state index contributed by atoms with van der Waals surface area (Å²) in [6, 6.07) is 20.5. The summed E-state index contributed by atoms with van der Waals surface area (Å²) in [4.78, 5) is 18.9. The first-order valence-corrected chi connectivity index (χ1v) is 11.6. The van der Waals surface area contributed by atoms with Crippen LogP contribution < -0.4 is 5.32 Å². The Hall–Kier alpha value is -2.54. The number of hydrogen-bond acceptors (Lipinski definition) is 4. The van der Waals surface area contributed by atoms with Crippen molar-refractivity contribution >= 4 is 17.2 Å². The number of hydrogen-bond donors (Lipinski definition) is 1. The van der Waals surface area contributed by atoms with Gasteiger partial charge in [-0.3, -0.25) is 14.6 Å². The van der Waals surface area contributed by atoms with E-state index >= 15 is 0 Å². The maximum atomic E-state index is 13.2. The first-order valence-electron chi connectivity index (χ1n) is 10.7. The highest BCUT2D eigenvalue weighted by molar-refractivity contribution is 7.10. The smallest absolute Gasteiger partial charge is 0.251 e. The van der Waals surface area contributed by atoms with Crippen LogP contribution >= 0.6 is 11.3 Å². The third-order valence-corrected chi connectivity index (χ3v) is 6.77. The van der Waals surface area contributed by atoms with E-state index in [1.54, 1.807) is 11.3 Å². The highest BCUT2D eigenvalue weighted by Gasteiger charge is 2.31. The van der Waals surface area contributed by atoms with Crippen molar-refractivity contribution in [2.75, 3.05) is 26.2 Å². The van der Waals surface area contributed by atoms with E-state index in [1.807, 2.05) is 0 Å². The minimum Gasteiger partial charge on any atom is -0.348 e. The molecule has 2 aromatic carbocycles. The predicted molar refractivity (Wildman–Crippen MR) is 124 cm³/mol. The largest absolute Gasteiger partial charge is 0.348 e. The summed E-state index contributed by atoms with van der Waals surface area (Å²) in [5, 5.41) is 5.23. The molecule has 1 saturated heterocycles. The number of rotatable bonds is 7. The number of nitrogens with one attached hydrogen (secondary N) is 1. The molecular formula is C25H28FN3OS. The molecule has 1 aromatic heterocycles. The van der Waals surface area contributed by atoms with Crippen LogP contribution in [0.15, 0.2) is 72.1 Å². The van der Waals surface area contributed by atoms with Crippen molar-refractivity contribution in [3.8, 4) is 0 Å². The lowest BCUT2D eigenvalue weighted by Crippen LogP contribution is -2.52. The molecule has 4 nitrogen and oxygen atoms in total. The van der Waals surface area contributed by atoms with Gasteiger partial charge in [0, 0.05) is 49.2 Å². The van der Waals surface area contributed by atoms with Crippen molar-refractivity contribution in [2.45, 2.75) is 25.6 Å². The molecule has 2 heterocycles. The molecule has 31 heavy (non-hydrogen) atoms. The highest BCUT2D eigenvalue weighted by atomic mass is 32.1. The number of thiophene rings is 1. The molecule has 1 amide bonds. The third-order valence-electron chi connectivity index (χ3n) is 5.82. The van der Waals surface area contributed by atoms with Gasteiger partial charge in [-0.05, 0) is 48.2 Å². The van der Waals surface area contributed by atoms with E-state index in [4.69, 9.17) is 0 Å². The maximum absolute atomic E-state index is 13.2. The maximum Gasteiger partial charge on any atom is 0.251 e. The number of piperazine rings is 1. The van der Waals surface area contributed by atoms with Gasteiger partial charge in [0.1, 0.15) is 5.82 Å². The van der Waals surface area contributed by atoms with Gasteiger partial charge in [0.05, 0.1) is 6.04 Å². The zero-order valence-electron chi connectivity index (χ0n) is 17.7. The van der Waals surface area contributed by atoms with E-state index in [0.29, 0.717) is 5.56 Å². The van der Waals surface area contributed by atoms with Crippen LogP contribution in [0.3, 0.4) is 0 Å². The normalized spacial score (nSPS) is 17.2. The Morgan fingerprint density at radius 2 is 1.71 bits per heavy atom. The lowest BCUT2D eigenvalue weighted by molar-refractivity contribution is 0.0714. The van der Waals surface area contributed by atoms with Crippen LogP contribution in [-0.4, -0.2) is 47.9 Å². The number of benzene rings is 2. The van der Waals surface area contributed by atoms with Crippen molar-refractivity contribution < 1.29 is 9.18 Å². The van der Waals surface area contributed by atoms with Crippen LogP contribution in [-0.2, 0) is 6.54 Å². The Morgan fingerprint density at radius 1 is 1.00 bits per heavy atom. The molecule has 4 rings (SSSR count). The summed E-state index contributed by atoms with van der Waals surface area (Å²) in [6.45, 7) is 6.92. The second-order valence-corrected chi connectivity index (χ2v) is 9.01. The van der Waals surface area contributed by atoms with Gasteiger partial charge in [-0.25, -0.2) is 4.39 Å². The molecular weight excluding hydrogens is 409 g/mol. The molecule has 1 aliphatic heterocycles. The summed E-state index contributed by atoms with van der Waals surface area (Å²) < 4.78 is 13.2. The average molecular weight is 438 g/mol. The zero-order valence-corrected chi connectivity index (χ0v) is 18.5. The summed E-state index contributed by atoms with van der Waals surface area (Å²) in [5.74, 6) is -0.508. The fraction of sp³-hybridized carbons (Fsp3) is 0.320. The Kier molecular flexibility index (Phi) is 7.12. The molecule has 0 spiro atoms. The summed E-state index contributed by atoms with van der Waals surface area (Å²) >= 11 is 1.73. The third kappa shape index (κ3) is 5.58. The Labute approximate surface area is 187 Å². The molecule has 1 fully saturated rings. The highest BCUT2D eigenvalue weighted by Crippen LogP contribution is 2.29. The topological polar surface area (TPSA) is 35.6 Å². The van der Waals surface area contributed by atoms with E-state index < -0.39 is 0 Å². The van der Waals surface area contributed by atoms with Gasteiger partial charge in [-0.2, -0.15) is 0 Å². The Morgan fingerprint density at radius 3 is 2.35 bits per heavy atom. The number of amides is 1. The minimum atomic E-state index is -0.338. The van der Waals surface area contributed by atoms with Crippen LogP contribution in [0.2, 0.25) is 0 Å². The van der Waals surface area contributed by atoms with Crippen LogP contribution in [0, 0.1) is 5.82 Å². The predicted octanol–water partition coefficient (Wildman–Crippen LogP) is 4.56. The van der Waals surface area contributed by atoms with Gasteiger partial charge >= 0.3 is 0 Å². The van der Waals surface area contributed by atoms with E-state index in [-0.39, 0.29) is 23.8 Å². The number of carbonyl (C=O) groups is 1. The van der Waals surface area contributed by atoms with Crippen LogP contribution in [0.25, 0.3) is 0 Å². The number of halogens is 1. The zero-order chi connectivity index (χ0) is 21.6. The van der Waals surface area contributed by atoms with Gasteiger partial charge in [-0.15, -0.1) is 11.3 Å². The molecule has 1 aliphatic rings.